The standard InChI is InChI=1S/C11H14BrN5O/c1-3-13-7-11-14-15-16-17(11)8-4-5-9(12)10(6-8)18-2/h4-6,13H,3,7H2,1-2H3. The van der Waals surface area contributed by atoms with Gasteiger partial charge in [0.1, 0.15) is 5.75 Å². The number of ether oxygens (including phenoxy) is 1. The summed E-state index contributed by atoms with van der Waals surface area (Å²) in [4.78, 5) is 0. The van der Waals surface area contributed by atoms with Gasteiger partial charge in [0.05, 0.1) is 23.8 Å². The molecule has 0 spiro atoms. The SMILES string of the molecule is CCNCc1nnnn1-c1ccc(Br)c(OC)c1. The van der Waals surface area contributed by atoms with Crippen LogP contribution in [0.2, 0.25) is 0 Å². The largest absolute Gasteiger partial charge is 0.495 e. The first-order chi connectivity index (χ1) is 8.76. The summed E-state index contributed by atoms with van der Waals surface area (Å²) in [5.74, 6) is 1.51. The molecule has 2 aromatic rings. The third-order valence-corrected chi connectivity index (χ3v) is 3.10. The molecule has 0 atom stereocenters. The van der Waals surface area contributed by atoms with E-state index in [-0.39, 0.29) is 0 Å². The number of halogens is 1. The summed E-state index contributed by atoms with van der Waals surface area (Å²) >= 11 is 3.42. The van der Waals surface area contributed by atoms with E-state index < -0.39 is 0 Å². The van der Waals surface area contributed by atoms with E-state index in [1.807, 2.05) is 25.1 Å². The van der Waals surface area contributed by atoms with Gasteiger partial charge >= 0.3 is 0 Å². The second-order valence-electron chi connectivity index (χ2n) is 3.61. The fourth-order valence-electron chi connectivity index (χ4n) is 1.53. The number of methoxy groups -OCH3 is 1. The highest BCUT2D eigenvalue weighted by atomic mass is 79.9. The number of nitrogens with one attached hydrogen (secondary N) is 1. The van der Waals surface area contributed by atoms with Crippen LogP contribution in [0.3, 0.4) is 0 Å². The molecule has 0 aliphatic carbocycles. The van der Waals surface area contributed by atoms with Crippen molar-refractivity contribution in [3.63, 3.8) is 0 Å². The molecule has 0 amide bonds. The molecule has 18 heavy (non-hydrogen) atoms. The maximum atomic E-state index is 5.26. The summed E-state index contributed by atoms with van der Waals surface area (Å²) in [6, 6.07) is 5.72. The van der Waals surface area contributed by atoms with Gasteiger partial charge < -0.3 is 10.1 Å². The Labute approximate surface area is 113 Å². The number of benzene rings is 1. The molecule has 0 saturated carbocycles. The van der Waals surface area contributed by atoms with Crippen LogP contribution < -0.4 is 10.1 Å². The van der Waals surface area contributed by atoms with Gasteiger partial charge in [0.2, 0.25) is 0 Å². The Morgan fingerprint density at radius 2 is 2.28 bits per heavy atom. The molecule has 0 aliphatic rings. The lowest BCUT2D eigenvalue weighted by Gasteiger charge is -2.08. The molecule has 0 aliphatic heterocycles. The lowest BCUT2D eigenvalue weighted by atomic mass is 10.3. The number of tetrazole rings is 1. The summed E-state index contributed by atoms with van der Waals surface area (Å²) in [5.41, 5.74) is 0.868. The Balaban J connectivity index is 2.33. The topological polar surface area (TPSA) is 64.9 Å². The molecule has 6 nitrogen and oxygen atoms in total. The van der Waals surface area contributed by atoms with Crippen LogP contribution >= 0.6 is 15.9 Å². The zero-order valence-corrected chi connectivity index (χ0v) is 11.8. The van der Waals surface area contributed by atoms with Crippen molar-refractivity contribution in [2.24, 2.45) is 0 Å². The van der Waals surface area contributed by atoms with Crippen molar-refractivity contribution in [1.82, 2.24) is 25.5 Å². The van der Waals surface area contributed by atoms with Gasteiger partial charge in [0.25, 0.3) is 0 Å². The van der Waals surface area contributed by atoms with Crippen molar-refractivity contribution < 1.29 is 4.74 Å². The molecule has 0 saturated heterocycles. The minimum absolute atomic E-state index is 0.627. The number of rotatable bonds is 5. The summed E-state index contributed by atoms with van der Waals surface area (Å²) in [7, 11) is 1.63. The number of hydrogen-bond acceptors (Lipinski definition) is 5. The third kappa shape index (κ3) is 2.68. The highest BCUT2D eigenvalue weighted by molar-refractivity contribution is 9.10. The molecule has 96 valence electrons. The summed E-state index contributed by atoms with van der Waals surface area (Å²) in [5, 5.41) is 14.9. The molecule has 7 heteroatoms. The Bertz CT molecular complexity index is 528. The average Bonchev–Trinajstić information content (AvgIpc) is 2.85. The van der Waals surface area contributed by atoms with Crippen LogP contribution in [-0.4, -0.2) is 33.9 Å². The average molecular weight is 312 g/mol. The van der Waals surface area contributed by atoms with E-state index in [0.29, 0.717) is 6.54 Å². The fourth-order valence-corrected chi connectivity index (χ4v) is 1.94. The van der Waals surface area contributed by atoms with Crippen molar-refractivity contribution in [2.45, 2.75) is 13.5 Å². The van der Waals surface area contributed by atoms with Gasteiger partial charge in [-0.25, -0.2) is 0 Å². The molecular formula is C11H14BrN5O. The van der Waals surface area contributed by atoms with Gasteiger partial charge in [-0.15, -0.1) is 5.10 Å². The fraction of sp³-hybridized carbons (Fsp3) is 0.364. The molecule has 1 aromatic carbocycles. The quantitative estimate of drug-likeness (QED) is 0.907. The minimum atomic E-state index is 0.627. The maximum Gasteiger partial charge on any atom is 0.170 e. The van der Waals surface area contributed by atoms with Gasteiger partial charge in [-0.2, -0.15) is 4.68 Å². The molecule has 0 unspecified atom stereocenters. The molecule has 1 heterocycles. The first-order valence-corrected chi connectivity index (χ1v) is 6.37. The van der Waals surface area contributed by atoms with Crippen molar-refractivity contribution >= 4 is 15.9 Å². The Kier molecular flexibility index (Phi) is 4.27. The zero-order valence-electron chi connectivity index (χ0n) is 10.2. The zero-order chi connectivity index (χ0) is 13.0. The number of nitrogens with zero attached hydrogens (tertiary/aromatic N) is 4. The predicted octanol–water partition coefficient (Wildman–Crippen LogP) is 1.54. The summed E-state index contributed by atoms with van der Waals surface area (Å²) < 4.78 is 7.85. The van der Waals surface area contributed by atoms with E-state index in [4.69, 9.17) is 4.74 Å². The van der Waals surface area contributed by atoms with Crippen LogP contribution in [0.5, 0.6) is 5.75 Å². The first kappa shape index (κ1) is 13.0. The van der Waals surface area contributed by atoms with Crippen LogP contribution in [0, 0.1) is 0 Å². The van der Waals surface area contributed by atoms with Gasteiger partial charge in [0, 0.05) is 6.07 Å². The number of hydrogen-bond donors (Lipinski definition) is 1. The van der Waals surface area contributed by atoms with Gasteiger partial charge in [-0.1, -0.05) is 6.92 Å². The van der Waals surface area contributed by atoms with Crippen LogP contribution in [-0.2, 0) is 6.54 Å². The Morgan fingerprint density at radius 3 is 3.00 bits per heavy atom. The third-order valence-electron chi connectivity index (χ3n) is 2.45. The van der Waals surface area contributed by atoms with E-state index >= 15 is 0 Å². The second-order valence-corrected chi connectivity index (χ2v) is 4.46. The molecular weight excluding hydrogens is 298 g/mol. The molecule has 2 rings (SSSR count). The molecule has 1 N–H and O–H groups in total. The van der Waals surface area contributed by atoms with Gasteiger partial charge in [-0.05, 0) is 45.0 Å². The summed E-state index contributed by atoms with van der Waals surface area (Å²) in [6.45, 7) is 3.54. The van der Waals surface area contributed by atoms with Crippen LogP contribution in [0.25, 0.3) is 5.69 Å². The van der Waals surface area contributed by atoms with Crippen LogP contribution in [0.15, 0.2) is 22.7 Å². The lowest BCUT2D eigenvalue weighted by molar-refractivity contribution is 0.411. The number of aromatic nitrogens is 4. The van der Waals surface area contributed by atoms with E-state index in [1.165, 1.54) is 0 Å². The van der Waals surface area contributed by atoms with Gasteiger partial charge in [-0.3, -0.25) is 0 Å². The Morgan fingerprint density at radius 1 is 1.44 bits per heavy atom. The normalized spacial score (nSPS) is 10.6. The molecule has 1 aromatic heterocycles. The first-order valence-electron chi connectivity index (χ1n) is 5.58. The van der Waals surface area contributed by atoms with E-state index in [9.17, 15) is 0 Å². The van der Waals surface area contributed by atoms with E-state index in [1.54, 1.807) is 11.8 Å². The van der Waals surface area contributed by atoms with E-state index in [0.717, 1.165) is 28.3 Å². The molecule has 0 bridgehead atoms. The summed E-state index contributed by atoms with van der Waals surface area (Å²) in [6.07, 6.45) is 0. The minimum Gasteiger partial charge on any atom is -0.495 e. The predicted molar refractivity (Wildman–Crippen MR) is 70.8 cm³/mol. The van der Waals surface area contributed by atoms with Crippen molar-refractivity contribution in [2.75, 3.05) is 13.7 Å². The highest BCUT2D eigenvalue weighted by Gasteiger charge is 2.09. The highest BCUT2D eigenvalue weighted by Crippen LogP contribution is 2.27. The van der Waals surface area contributed by atoms with Gasteiger partial charge in [0.15, 0.2) is 5.82 Å². The van der Waals surface area contributed by atoms with Crippen LogP contribution in [0.1, 0.15) is 12.7 Å². The lowest BCUT2D eigenvalue weighted by Crippen LogP contribution is -2.16. The van der Waals surface area contributed by atoms with E-state index in [2.05, 4.69) is 36.8 Å². The second kappa shape index (κ2) is 5.92. The smallest absolute Gasteiger partial charge is 0.170 e. The Hall–Kier alpha value is -1.47. The van der Waals surface area contributed by atoms with Crippen molar-refractivity contribution in [3.8, 4) is 11.4 Å². The molecule has 0 fully saturated rings. The monoisotopic (exact) mass is 311 g/mol. The molecule has 0 radical (unpaired) electrons. The van der Waals surface area contributed by atoms with Crippen molar-refractivity contribution in [3.05, 3.63) is 28.5 Å². The van der Waals surface area contributed by atoms with Crippen LogP contribution in [0.4, 0.5) is 0 Å². The van der Waals surface area contributed by atoms with Crippen molar-refractivity contribution in [1.29, 1.82) is 0 Å². The maximum absolute atomic E-state index is 5.26.